The van der Waals surface area contributed by atoms with Gasteiger partial charge in [-0.05, 0) is 37.8 Å². The van der Waals surface area contributed by atoms with Crippen LogP contribution >= 0.6 is 11.6 Å². The second-order valence-corrected chi connectivity index (χ2v) is 9.40. The molecule has 5 rings (SSSR count). The van der Waals surface area contributed by atoms with Crippen LogP contribution in [-0.2, 0) is 20.9 Å². The lowest BCUT2D eigenvalue weighted by molar-refractivity contribution is -0.137. The molecule has 2 fully saturated rings. The van der Waals surface area contributed by atoms with E-state index >= 15 is 0 Å². The number of aromatic nitrogens is 4. The van der Waals surface area contributed by atoms with Gasteiger partial charge in [-0.3, -0.25) is 9.36 Å². The number of imidazole rings is 1. The number of nitrogens with zero attached hydrogens (tertiary/aromatic N) is 4. The van der Waals surface area contributed by atoms with E-state index < -0.39 is 30.4 Å². The summed E-state index contributed by atoms with van der Waals surface area (Å²) < 4.78 is 13.4. The molecule has 1 aromatic carbocycles. The molecule has 4 N–H and O–H groups in total. The minimum Gasteiger partial charge on any atom is -0.387 e. The zero-order valence-corrected chi connectivity index (χ0v) is 20.5. The number of aliphatic hydroxyl groups is 2. The lowest BCUT2D eigenvalue weighted by atomic mass is 10.1. The molecule has 11 nitrogen and oxygen atoms in total. The van der Waals surface area contributed by atoms with E-state index in [0.717, 1.165) is 24.8 Å². The highest BCUT2D eigenvalue weighted by atomic mass is 35.5. The molecule has 36 heavy (non-hydrogen) atoms. The number of ether oxygens (including phenoxy) is 2. The van der Waals surface area contributed by atoms with Gasteiger partial charge in [-0.2, -0.15) is 0 Å². The number of rotatable bonds is 8. The SMILES string of the molecule is CCNC(=O)[C@H]1O[C@@H](n2cnc3c(N[C@@H]4CCC[C@H]4OCc4ccccc4Cl)ncnc32)[C@H](O)[C@@H]1O. The Morgan fingerprint density at radius 3 is 2.86 bits per heavy atom. The third-order valence-electron chi connectivity index (χ3n) is 6.67. The largest absolute Gasteiger partial charge is 0.387 e. The molecule has 0 unspecified atom stereocenters. The molecule has 0 bridgehead atoms. The molecule has 2 aromatic heterocycles. The number of likely N-dealkylation sites (N-methyl/N-ethyl adjacent to an activating group) is 1. The monoisotopic (exact) mass is 516 g/mol. The lowest BCUT2D eigenvalue weighted by Gasteiger charge is -2.22. The van der Waals surface area contributed by atoms with Gasteiger partial charge in [0.05, 0.1) is 25.1 Å². The lowest BCUT2D eigenvalue weighted by Crippen LogP contribution is -2.42. The Morgan fingerprint density at radius 2 is 2.06 bits per heavy atom. The first kappa shape index (κ1) is 24.8. The number of fused-ring (bicyclic) bond motifs is 1. The third-order valence-corrected chi connectivity index (χ3v) is 7.03. The van der Waals surface area contributed by atoms with E-state index in [0.29, 0.717) is 35.2 Å². The molecular formula is C24H29ClN6O5. The number of aliphatic hydroxyl groups excluding tert-OH is 2. The third kappa shape index (κ3) is 4.76. The molecule has 3 aromatic rings. The van der Waals surface area contributed by atoms with Crippen molar-refractivity contribution >= 4 is 34.5 Å². The van der Waals surface area contributed by atoms with Crippen molar-refractivity contribution in [1.29, 1.82) is 0 Å². The molecule has 1 saturated heterocycles. The Balaban J connectivity index is 1.32. The van der Waals surface area contributed by atoms with Gasteiger partial charge in [-0.1, -0.05) is 29.8 Å². The molecule has 3 heterocycles. The fourth-order valence-corrected chi connectivity index (χ4v) is 4.99. The number of carbonyl (C=O) groups is 1. The molecule has 12 heteroatoms. The Kier molecular flexibility index (Phi) is 7.35. The van der Waals surface area contributed by atoms with Crippen LogP contribution in [0.15, 0.2) is 36.9 Å². The fourth-order valence-electron chi connectivity index (χ4n) is 4.80. The molecule has 1 amide bonds. The van der Waals surface area contributed by atoms with Crippen molar-refractivity contribution in [3.8, 4) is 0 Å². The molecule has 6 atom stereocenters. The van der Waals surface area contributed by atoms with Crippen LogP contribution in [0.1, 0.15) is 38.0 Å². The number of nitrogens with one attached hydrogen (secondary N) is 2. The molecule has 1 saturated carbocycles. The summed E-state index contributed by atoms with van der Waals surface area (Å²) in [5.41, 5.74) is 1.84. The van der Waals surface area contributed by atoms with Crippen LogP contribution in [0.4, 0.5) is 5.82 Å². The van der Waals surface area contributed by atoms with Gasteiger partial charge in [-0.15, -0.1) is 0 Å². The van der Waals surface area contributed by atoms with Gasteiger partial charge >= 0.3 is 0 Å². The first-order chi connectivity index (χ1) is 17.5. The van der Waals surface area contributed by atoms with E-state index in [-0.39, 0.29) is 12.1 Å². The number of carbonyl (C=O) groups excluding carboxylic acids is 1. The van der Waals surface area contributed by atoms with E-state index in [4.69, 9.17) is 21.1 Å². The standard InChI is InChI=1S/C24H29ClN6O5/c1-2-26-23(34)20-18(32)19(33)24(36-20)31-12-29-17-21(27-11-28-22(17)31)30-15-8-5-9-16(15)35-10-13-6-3-4-7-14(13)25/h3-4,6-7,11-12,15-16,18-20,24,32-33H,2,5,8-10H2,1H3,(H,26,34)(H,27,28,30)/t15-,16-,18+,19-,20+,24-/m1/s1. The number of anilines is 1. The summed E-state index contributed by atoms with van der Waals surface area (Å²) in [6.07, 6.45) is 0.718. The minimum absolute atomic E-state index is 0.0213. The van der Waals surface area contributed by atoms with E-state index in [9.17, 15) is 15.0 Å². The number of halogens is 1. The Bertz CT molecular complexity index is 1220. The van der Waals surface area contributed by atoms with E-state index in [2.05, 4.69) is 25.6 Å². The Labute approximate surface area is 212 Å². The van der Waals surface area contributed by atoms with Gasteiger partial charge in [-0.25, -0.2) is 15.0 Å². The van der Waals surface area contributed by atoms with Crippen molar-refractivity contribution < 1.29 is 24.5 Å². The first-order valence-electron chi connectivity index (χ1n) is 12.1. The average Bonchev–Trinajstić information content (AvgIpc) is 3.58. The maximum Gasteiger partial charge on any atom is 0.252 e. The minimum atomic E-state index is -1.38. The van der Waals surface area contributed by atoms with Crippen LogP contribution in [0.3, 0.4) is 0 Å². The predicted octanol–water partition coefficient (Wildman–Crippen LogP) is 1.78. The maximum absolute atomic E-state index is 12.2. The first-order valence-corrected chi connectivity index (χ1v) is 12.4. The summed E-state index contributed by atoms with van der Waals surface area (Å²) in [7, 11) is 0. The maximum atomic E-state index is 12.2. The number of benzene rings is 1. The molecule has 0 spiro atoms. The number of amides is 1. The van der Waals surface area contributed by atoms with Crippen LogP contribution in [-0.4, -0.2) is 72.6 Å². The van der Waals surface area contributed by atoms with Crippen molar-refractivity contribution in [1.82, 2.24) is 24.8 Å². The highest BCUT2D eigenvalue weighted by Crippen LogP contribution is 2.33. The average molecular weight is 517 g/mol. The van der Waals surface area contributed by atoms with Gasteiger partial charge in [0.25, 0.3) is 5.91 Å². The van der Waals surface area contributed by atoms with Gasteiger partial charge in [0, 0.05) is 11.6 Å². The Morgan fingerprint density at radius 1 is 1.22 bits per heavy atom. The normalized spacial score (nSPS) is 28.0. The fraction of sp³-hybridized carbons (Fsp3) is 0.500. The number of hydrogen-bond donors (Lipinski definition) is 4. The molecule has 1 aliphatic carbocycles. The molecule has 192 valence electrons. The summed E-state index contributed by atoms with van der Waals surface area (Å²) in [5, 5.41) is 27.7. The van der Waals surface area contributed by atoms with Gasteiger partial charge < -0.3 is 30.3 Å². The molecule has 1 aliphatic heterocycles. The van der Waals surface area contributed by atoms with Crippen molar-refractivity contribution in [2.45, 2.75) is 69.5 Å². The van der Waals surface area contributed by atoms with Crippen LogP contribution in [0, 0.1) is 0 Å². The van der Waals surface area contributed by atoms with Crippen molar-refractivity contribution in [2.24, 2.45) is 0 Å². The topological polar surface area (TPSA) is 144 Å². The zero-order chi connectivity index (χ0) is 25.2. The second-order valence-electron chi connectivity index (χ2n) is 8.99. The summed E-state index contributed by atoms with van der Waals surface area (Å²) in [6.45, 7) is 2.56. The van der Waals surface area contributed by atoms with Gasteiger partial charge in [0.1, 0.15) is 18.5 Å². The Hall–Kier alpha value is -2.83. The van der Waals surface area contributed by atoms with Gasteiger partial charge in [0.15, 0.2) is 29.3 Å². The number of hydrogen-bond acceptors (Lipinski definition) is 9. The summed E-state index contributed by atoms with van der Waals surface area (Å²) in [6, 6.07) is 7.65. The predicted molar refractivity (Wildman–Crippen MR) is 131 cm³/mol. The molecule has 0 radical (unpaired) electrons. The summed E-state index contributed by atoms with van der Waals surface area (Å²) >= 11 is 6.27. The molecule has 2 aliphatic rings. The highest BCUT2D eigenvalue weighted by Gasteiger charge is 2.47. The van der Waals surface area contributed by atoms with Gasteiger partial charge in [0.2, 0.25) is 0 Å². The van der Waals surface area contributed by atoms with Crippen molar-refractivity contribution in [3.05, 3.63) is 47.5 Å². The van der Waals surface area contributed by atoms with Crippen molar-refractivity contribution in [2.75, 3.05) is 11.9 Å². The molecular weight excluding hydrogens is 488 g/mol. The highest BCUT2D eigenvalue weighted by molar-refractivity contribution is 6.31. The second kappa shape index (κ2) is 10.7. The van der Waals surface area contributed by atoms with E-state index in [1.54, 1.807) is 6.92 Å². The van der Waals surface area contributed by atoms with Crippen LogP contribution < -0.4 is 10.6 Å². The quantitative estimate of drug-likeness (QED) is 0.352. The van der Waals surface area contributed by atoms with Crippen LogP contribution in [0.2, 0.25) is 5.02 Å². The van der Waals surface area contributed by atoms with Crippen molar-refractivity contribution in [3.63, 3.8) is 0 Å². The summed E-state index contributed by atoms with van der Waals surface area (Å²) in [4.78, 5) is 25.4. The zero-order valence-electron chi connectivity index (χ0n) is 19.7. The van der Waals surface area contributed by atoms with E-state index in [1.165, 1.54) is 17.2 Å². The summed E-state index contributed by atoms with van der Waals surface area (Å²) in [5.74, 6) is 0.0438. The van der Waals surface area contributed by atoms with Crippen LogP contribution in [0.25, 0.3) is 11.2 Å². The van der Waals surface area contributed by atoms with Crippen LogP contribution in [0.5, 0.6) is 0 Å². The van der Waals surface area contributed by atoms with E-state index in [1.807, 2.05) is 24.3 Å². The smallest absolute Gasteiger partial charge is 0.252 e.